The second kappa shape index (κ2) is 7.83. The summed E-state index contributed by atoms with van der Waals surface area (Å²) in [5, 5.41) is 3.44. The summed E-state index contributed by atoms with van der Waals surface area (Å²) in [6.07, 6.45) is 1.49. The molecule has 118 valence electrons. The summed E-state index contributed by atoms with van der Waals surface area (Å²) in [5.41, 5.74) is 0.259. The predicted molar refractivity (Wildman–Crippen MR) is 91.4 cm³/mol. The molecule has 0 fully saturated rings. The molecule has 0 aliphatic rings. The van der Waals surface area contributed by atoms with Crippen molar-refractivity contribution in [3.05, 3.63) is 28.7 Å². The average Bonchev–Trinajstić information content (AvgIpc) is 2.38. The highest BCUT2D eigenvalue weighted by Gasteiger charge is 2.40. The van der Waals surface area contributed by atoms with E-state index >= 15 is 0 Å². The number of halogens is 1. The summed E-state index contributed by atoms with van der Waals surface area (Å²) in [5.74, 6) is 0.601. The average molecular weight is 356 g/mol. The minimum Gasteiger partial charge on any atom is -0.467 e. The minimum absolute atomic E-state index is 0.187. The fourth-order valence-corrected chi connectivity index (χ4v) is 3.07. The molecular weight excluding hydrogens is 330 g/mol. The number of hydrogen-bond donors (Lipinski definition) is 1. The van der Waals surface area contributed by atoms with Crippen molar-refractivity contribution >= 4 is 27.6 Å². The van der Waals surface area contributed by atoms with Gasteiger partial charge in [-0.25, -0.2) is 4.79 Å². The van der Waals surface area contributed by atoms with Gasteiger partial charge in [0, 0.05) is 10.2 Å². The minimum atomic E-state index is -0.676. The highest BCUT2D eigenvalue weighted by molar-refractivity contribution is 9.10. The molecule has 0 spiro atoms. The Morgan fingerprint density at radius 2 is 1.62 bits per heavy atom. The van der Waals surface area contributed by atoms with Gasteiger partial charge in [0.1, 0.15) is 5.54 Å². The maximum atomic E-state index is 12.5. The number of hydrogen-bond acceptors (Lipinski definition) is 3. The molecular formula is C17H26BrNO2. The molecule has 0 saturated heterocycles. The molecule has 0 aliphatic carbocycles. The molecule has 0 heterocycles. The Balaban J connectivity index is 3.13. The van der Waals surface area contributed by atoms with Crippen LogP contribution in [0.15, 0.2) is 28.7 Å². The zero-order valence-corrected chi connectivity index (χ0v) is 15.2. The number of rotatable bonds is 7. The van der Waals surface area contributed by atoms with Crippen LogP contribution in [0.2, 0.25) is 0 Å². The zero-order valence-electron chi connectivity index (χ0n) is 13.6. The monoisotopic (exact) mass is 355 g/mol. The number of methoxy groups -OCH3 is 1. The van der Waals surface area contributed by atoms with Gasteiger partial charge in [0.15, 0.2) is 0 Å². The summed E-state index contributed by atoms with van der Waals surface area (Å²) in [7, 11) is 1.46. The van der Waals surface area contributed by atoms with E-state index in [0.29, 0.717) is 11.8 Å². The van der Waals surface area contributed by atoms with Crippen LogP contribution >= 0.6 is 15.9 Å². The Kier molecular flexibility index (Phi) is 6.72. The third-order valence-electron chi connectivity index (χ3n) is 3.32. The third-order valence-corrected chi connectivity index (χ3v) is 3.85. The second-order valence-corrected chi connectivity index (χ2v) is 7.32. The van der Waals surface area contributed by atoms with E-state index in [2.05, 4.69) is 48.9 Å². The van der Waals surface area contributed by atoms with Gasteiger partial charge in [-0.05, 0) is 48.9 Å². The number of carbonyl (C=O) groups excluding carboxylic acids is 1. The molecule has 0 atom stereocenters. The molecule has 0 saturated carbocycles. The van der Waals surface area contributed by atoms with Gasteiger partial charge in [-0.15, -0.1) is 0 Å². The molecule has 4 heteroatoms. The highest BCUT2D eigenvalue weighted by Crippen LogP contribution is 2.31. The van der Waals surface area contributed by atoms with E-state index in [0.717, 1.165) is 23.0 Å². The predicted octanol–water partition coefficient (Wildman–Crippen LogP) is 4.87. The van der Waals surface area contributed by atoms with Crippen molar-refractivity contribution in [3.63, 3.8) is 0 Å². The van der Waals surface area contributed by atoms with E-state index in [1.807, 2.05) is 24.3 Å². The summed E-state index contributed by atoms with van der Waals surface area (Å²) in [4.78, 5) is 12.5. The number of carbonyl (C=O) groups is 1. The number of anilines is 1. The van der Waals surface area contributed by atoms with Crippen molar-refractivity contribution in [2.75, 3.05) is 12.4 Å². The molecule has 0 unspecified atom stereocenters. The van der Waals surface area contributed by atoms with Gasteiger partial charge in [-0.1, -0.05) is 43.6 Å². The maximum absolute atomic E-state index is 12.5. The van der Waals surface area contributed by atoms with Crippen molar-refractivity contribution in [1.82, 2.24) is 0 Å². The van der Waals surface area contributed by atoms with E-state index in [9.17, 15) is 4.79 Å². The van der Waals surface area contributed by atoms with Crippen LogP contribution in [0, 0.1) is 11.8 Å². The van der Waals surface area contributed by atoms with E-state index in [4.69, 9.17) is 4.74 Å². The number of benzene rings is 1. The van der Waals surface area contributed by atoms with Gasteiger partial charge < -0.3 is 10.1 Å². The lowest BCUT2D eigenvalue weighted by Gasteiger charge is -2.36. The zero-order chi connectivity index (χ0) is 16.0. The number of ether oxygens (including phenoxy) is 1. The van der Waals surface area contributed by atoms with Crippen molar-refractivity contribution in [1.29, 1.82) is 0 Å². The summed E-state index contributed by atoms with van der Waals surface area (Å²) in [6.45, 7) is 8.51. The Morgan fingerprint density at radius 3 is 2.00 bits per heavy atom. The Morgan fingerprint density at radius 1 is 1.14 bits per heavy atom. The van der Waals surface area contributed by atoms with E-state index in [-0.39, 0.29) is 5.97 Å². The van der Waals surface area contributed by atoms with Gasteiger partial charge in [-0.2, -0.15) is 0 Å². The Hall–Kier alpha value is -1.03. The van der Waals surface area contributed by atoms with Crippen LogP contribution in [-0.4, -0.2) is 18.6 Å². The van der Waals surface area contributed by atoms with Gasteiger partial charge in [-0.3, -0.25) is 0 Å². The SMILES string of the molecule is COC(=O)C(CC(C)C)(CC(C)C)Nc1ccc(Br)cc1. The molecule has 1 N–H and O–H groups in total. The Labute approximate surface area is 136 Å². The smallest absolute Gasteiger partial charge is 0.331 e. The van der Waals surface area contributed by atoms with Crippen LogP contribution in [0.4, 0.5) is 5.69 Å². The van der Waals surface area contributed by atoms with E-state index in [1.54, 1.807) is 0 Å². The summed E-state index contributed by atoms with van der Waals surface area (Å²) < 4.78 is 6.12. The van der Waals surface area contributed by atoms with Crippen LogP contribution < -0.4 is 5.32 Å². The maximum Gasteiger partial charge on any atom is 0.331 e. The first-order valence-corrected chi connectivity index (χ1v) is 8.20. The molecule has 21 heavy (non-hydrogen) atoms. The molecule has 1 aromatic carbocycles. The molecule has 0 bridgehead atoms. The van der Waals surface area contributed by atoms with Crippen LogP contribution in [0.1, 0.15) is 40.5 Å². The van der Waals surface area contributed by atoms with Crippen LogP contribution in [0.25, 0.3) is 0 Å². The molecule has 3 nitrogen and oxygen atoms in total. The lowest BCUT2D eigenvalue weighted by molar-refractivity contribution is -0.147. The summed E-state index contributed by atoms with van der Waals surface area (Å²) >= 11 is 3.43. The highest BCUT2D eigenvalue weighted by atomic mass is 79.9. The largest absolute Gasteiger partial charge is 0.467 e. The van der Waals surface area contributed by atoms with Gasteiger partial charge in [0.2, 0.25) is 0 Å². The van der Waals surface area contributed by atoms with Crippen molar-refractivity contribution in [2.24, 2.45) is 11.8 Å². The third kappa shape index (κ3) is 5.34. The van der Waals surface area contributed by atoms with Gasteiger partial charge in [0.25, 0.3) is 0 Å². The van der Waals surface area contributed by atoms with Crippen LogP contribution in [0.5, 0.6) is 0 Å². The fraction of sp³-hybridized carbons (Fsp3) is 0.588. The van der Waals surface area contributed by atoms with Gasteiger partial charge in [0.05, 0.1) is 7.11 Å². The van der Waals surface area contributed by atoms with Crippen molar-refractivity contribution in [3.8, 4) is 0 Å². The standard InChI is InChI=1S/C17H26BrNO2/c1-12(2)10-17(11-13(3)4,16(20)21-5)19-15-8-6-14(18)7-9-15/h6-9,12-13,19H,10-11H2,1-5H3. The van der Waals surface area contributed by atoms with E-state index in [1.165, 1.54) is 7.11 Å². The lowest BCUT2D eigenvalue weighted by atomic mass is 9.81. The lowest BCUT2D eigenvalue weighted by Crippen LogP contribution is -2.49. The number of esters is 1. The normalized spacial score (nSPS) is 11.8. The first-order valence-electron chi connectivity index (χ1n) is 7.41. The molecule has 1 rings (SSSR count). The molecule has 0 aromatic heterocycles. The van der Waals surface area contributed by atoms with E-state index < -0.39 is 5.54 Å². The van der Waals surface area contributed by atoms with Crippen molar-refractivity contribution < 1.29 is 9.53 Å². The van der Waals surface area contributed by atoms with Crippen LogP contribution in [-0.2, 0) is 9.53 Å². The van der Waals surface area contributed by atoms with Crippen LogP contribution in [0.3, 0.4) is 0 Å². The fourth-order valence-electron chi connectivity index (χ4n) is 2.80. The Bertz CT molecular complexity index is 444. The first kappa shape index (κ1) is 18.0. The van der Waals surface area contributed by atoms with Crippen molar-refractivity contribution in [2.45, 2.75) is 46.1 Å². The summed E-state index contributed by atoms with van der Waals surface area (Å²) in [6, 6.07) is 7.88. The molecule has 0 amide bonds. The second-order valence-electron chi connectivity index (χ2n) is 6.40. The molecule has 0 radical (unpaired) electrons. The molecule has 0 aliphatic heterocycles. The van der Waals surface area contributed by atoms with Gasteiger partial charge >= 0.3 is 5.97 Å². The molecule has 1 aromatic rings. The topological polar surface area (TPSA) is 38.3 Å². The first-order chi connectivity index (χ1) is 9.79. The quantitative estimate of drug-likeness (QED) is 0.709. The number of nitrogens with one attached hydrogen (secondary N) is 1.